The van der Waals surface area contributed by atoms with Gasteiger partial charge in [0.25, 0.3) is 5.56 Å². The molecule has 55 heavy (non-hydrogen) atoms. The highest BCUT2D eigenvalue weighted by molar-refractivity contribution is 7.98. The van der Waals surface area contributed by atoms with E-state index in [1.54, 1.807) is 101 Å². The molecule has 0 radical (unpaired) electrons. The van der Waals surface area contributed by atoms with Crippen LogP contribution in [0.4, 0.5) is 32.5 Å². The van der Waals surface area contributed by atoms with Crippen molar-refractivity contribution >= 4 is 75.9 Å². The Kier molecular flexibility index (Phi) is 15.3. The molecule has 0 aliphatic rings. The Balaban J connectivity index is 0.000000293. The SMILES string of the molecule is C.CCc1cc2cnc(SC)nc2n(-c2cccc(NC(=O)OC(C)(C)C)c2)c1=O.CSc1ncc(C=O)c(Nc2cccc(NC(=O)OC(C)(C)C)c2)n1. The minimum absolute atomic E-state index is 0. The lowest BCUT2D eigenvalue weighted by Gasteiger charge is -2.20. The van der Waals surface area contributed by atoms with Gasteiger partial charge in [0.1, 0.15) is 17.0 Å². The number of fused-ring (bicyclic) bond motifs is 1. The molecule has 0 saturated carbocycles. The third-order valence-corrected chi connectivity index (χ3v) is 8.11. The fourth-order valence-corrected chi connectivity index (χ4v) is 5.44. The summed E-state index contributed by atoms with van der Waals surface area (Å²) >= 11 is 2.79. The van der Waals surface area contributed by atoms with E-state index in [1.165, 1.54) is 29.7 Å². The molecule has 5 aromatic rings. The zero-order valence-corrected chi connectivity index (χ0v) is 33.3. The van der Waals surface area contributed by atoms with Gasteiger partial charge in [-0.1, -0.05) is 50.0 Å². The van der Waals surface area contributed by atoms with Crippen LogP contribution in [0.5, 0.6) is 0 Å². The number of carbonyl (C=O) groups is 3. The maximum Gasteiger partial charge on any atom is 0.412 e. The molecule has 0 aliphatic heterocycles. The van der Waals surface area contributed by atoms with Crippen LogP contribution >= 0.6 is 23.5 Å². The van der Waals surface area contributed by atoms with Crippen LogP contribution in [-0.2, 0) is 15.9 Å². The minimum atomic E-state index is -0.602. The number of amides is 2. The second-order valence-electron chi connectivity index (χ2n) is 13.6. The molecule has 14 nitrogen and oxygen atoms in total. The summed E-state index contributed by atoms with van der Waals surface area (Å²) in [7, 11) is 0. The second kappa shape index (κ2) is 19.2. The second-order valence-corrected chi connectivity index (χ2v) is 15.1. The van der Waals surface area contributed by atoms with Gasteiger partial charge in [-0.05, 0) is 103 Å². The summed E-state index contributed by atoms with van der Waals surface area (Å²) in [6.45, 7) is 12.7. The molecule has 3 aromatic heterocycles. The standard InChI is InChI=1S/C21H24N4O3S.C17H20N4O3S.CH4/c1-6-13-10-14-12-22-19(29-5)24-17(14)25(18(13)26)16-9-7-8-15(11-16)23-20(27)28-21(2,3)4;1-17(2,3)24-16(23)20-13-7-5-6-12(8-13)19-14-11(10-22)9-18-15(21-14)25-4;/h7-12H,6H2,1-5H3,(H,23,27);5-10H,1-4H3,(H,20,23)(H,18,19,21);1H4. The molecule has 292 valence electrons. The summed E-state index contributed by atoms with van der Waals surface area (Å²) in [6.07, 6.45) is 7.12. The Labute approximate surface area is 329 Å². The monoisotopic (exact) mass is 788 g/mol. The van der Waals surface area contributed by atoms with Gasteiger partial charge in [-0.15, -0.1) is 0 Å². The highest BCUT2D eigenvalue weighted by atomic mass is 32.2. The lowest BCUT2D eigenvalue weighted by molar-refractivity contribution is 0.0624. The predicted molar refractivity (Wildman–Crippen MR) is 222 cm³/mol. The Morgan fingerprint density at radius 1 is 0.800 bits per heavy atom. The maximum absolute atomic E-state index is 13.1. The highest BCUT2D eigenvalue weighted by Gasteiger charge is 2.18. The van der Waals surface area contributed by atoms with Crippen molar-refractivity contribution in [1.82, 2.24) is 24.5 Å². The van der Waals surface area contributed by atoms with Crippen LogP contribution in [0.1, 0.15) is 71.8 Å². The van der Waals surface area contributed by atoms with E-state index in [-0.39, 0.29) is 13.0 Å². The third kappa shape index (κ3) is 12.8. The number of aryl methyl sites for hydroxylation is 1. The van der Waals surface area contributed by atoms with Gasteiger partial charge >= 0.3 is 12.2 Å². The van der Waals surface area contributed by atoms with Gasteiger partial charge in [0.2, 0.25) is 0 Å². The Bertz CT molecular complexity index is 2200. The molecular weight excluding hydrogens is 741 g/mol. The molecule has 3 heterocycles. The number of rotatable bonds is 9. The summed E-state index contributed by atoms with van der Waals surface area (Å²) in [4.78, 5) is 65.5. The van der Waals surface area contributed by atoms with Crippen LogP contribution in [0, 0.1) is 0 Å². The molecule has 5 rings (SSSR count). The maximum atomic E-state index is 13.1. The number of aromatic nitrogens is 5. The summed E-state index contributed by atoms with van der Waals surface area (Å²) in [5.74, 6) is 0.406. The van der Waals surface area contributed by atoms with E-state index < -0.39 is 23.4 Å². The first-order valence-electron chi connectivity index (χ1n) is 16.8. The number of ether oxygens (including phenoxy) is 2. The van der Waals surface area contributed by atoms with Gasteiger partial charge in [-0.2, -0.15) is 0 Å². The van der Waals surface area contributed by atoms with Crippen molar-refractivity contribution in [3.8, 4) is 5.69 Å². The quantitative estimate of drug-likeness (QED) is 0.0732. The number of benzene rings is 2. The van der Waals surface area contributed by atoms with Crippen LogP contribution in [0.15, 0.2) is 82.1 Å². The zero-order valence-electron chi connectivity index (χ0n) is 31.6. The van der Waals surface area contributed by atoms with Crippen molar-refractivity contribution in [1.29, 1.82) is 0 Å². The average molecular weight is 789 g/mol. The first-order valence-corrected chi connectivity index (χ1v) is 19.3. The van der Waals surface area contributed by atoms with E-state index >= 15 is 0 Å². The van der Waals surface area contributed by atoms with E-state index in [0.29, 0.717) is 68.4 Å². The molecule has 16 heteroatoms. The van der Waals surface area contributed by atoms with Crippen molar-refractivity contribution in [2.45, 2.75) is 83.8 Å². The van der Waals surface area contributed by atoms with Crippen molar-refractivity contribution < 1.29 is 23.9 Å². The molecule has 0 saturated heterocycles. The number of nitrogens with zero attached hydrogens (tertiary/aromatic N) is 5. The van der Waals surface area contributed by atoms with Crippen LogP contribution in [-0.4, -0.2) is 66.7 Å². The van der Waals surface area contributed by atoms with E-state index in [2.05, 4.69) is 35.9 Å². The Morgan fingerprint density at radius 2 is 1.35 bits per heavy atom. The number of nitrogens with one attached hydrogen (secondary N) is 3. The van der Waals surface area contributed by atoms with Crippen molar-refractivity contribution in [3.05, 3.63) is 88.5 Å². The molecule has 2 amide bonds. The van der Waals surface area contributed by atoms with Crippen molar-refractivity contribution in [2.75, 3.05) is 28.5 Å². The molecule has 0 fully saturated rings. The van der Waals surface area contributed by atoms with Gasteiger partial charge in [-0.25, -0.2) is 29.5 Å². The van der Waals surface area contributed by atoms with Crippen LogP contribution < -0.4 is 21.5 Å². The lowest BCUT2D eigenvalue weighted by atomic mass is 10.1. The number of anilines is 4. The van der Waals surface area contributed by atoms with E-state index in [9.17, 15) is 19.2 Å². The number of hydrogen-bond donors (Lipinski definition) is 3. The topological polar surface area (TPSA) is 179 Å². The molecule has 0 atom stereocenters. The number of carbonyl (C=O) groups excluding carboxylic acids is 3. The highest BCUT2D eigenvalue weighted by Crippen LogP contribution is 2.24. The first-order chi connectivity index (χ1) is 25.5. The Hall–Kier alpha value is -5.48. The smallest absolute Gasteiger partial charge is 0.412 e. The summed E-state index contributed by atoms with van der Waals surface area (Å²) in [5, 5.41) is 10.4. The largest absolute Gasteiger partial charge is 0.444 e. The third-order valence-electron chi connectivity index (χ3n) is 6.98. The fourth-order valence-electron chi connectivity index (χ4n) is 4.76. The van der Waals surface area contributed by atoms with Gasteiger partial charge in [-0.3, -0.25) is 24.8 Å². The average Bonchev–Trinajstić information content (AvgIpc) is 3.10. The number of pyridine rings is 1. The summed E-state index contributed by atoms with van der Waals surface area (Å²) < 4.78 is 12.1. The van der Waals surface area contributed by atoms with Gasteiger partial charge in [0, 0.05) is 40.4 Å². The number of thioether (sulfide) groups is 2. The number of aldehydes is 1. The van der Waals surface area contributed by atoms with Gasteiger partial charge < -0.3 is 14.8 Å². The van der Waals surface area contributed by atoms with E-state index in [0.717, 1.165) is 5.39 Å². The molecule has 0 bridgehead atoms. The van der Waals surface area contributed by atoms with Crippen LogP contribution in [0.25, 0.3) is 16.7 Å². The Morgan fingerprint density at radius 3 is 1.91 bits per heavy atom. The van der Waals surface area contributed by atoms with Crippen molar-refractivity contribution in [3.63, 3.8) is 0 Å². The molecule has 0 unspecified atom stereocenters. The molecule has 0 aliphatic carbocycles. The van der Waals surface area contributed by atoms with Gasteiger partial charge in [0.15, 0.2) is 22.2 Å². The van der Waals surface area contributed by atoms with Crippen molar-refractivity contribution in [2.24, 2.45) is 0 Å². The zero-order chi connectivity index (χ0) is 39.6. The van der Waals surface area contributed by atoms with Crippen LogP contribution in [0.3, 0.4) is 0 Å². The minimum Gasteiger partial charge on any atom is -0.444 e. The van der Waals surface area contributed by atoms with Gasteiger partial charge in [0.05, 0.1) is 11.3 Å². The van der Waals surface area contributed by atoms with E-state index in [4.69, 9.17) is 9.47 Å². The predicted octanol–water partition coefficient (Wildman–Crippen LogP) is 9.15. The lowest BCUT2D eigenvalue weighted by Crippen LogP contribution is -2.27. The molecule has 3 N–H and O–H groups in total. The normalized spacial score (nSPS) is 11.0. The molecule has 2 aromatic carbocycles. The number of hydrogen-bond acceptors (Lipinski definition) is 13. The molecule has 0 spiro atoms. The molecular formula is C39H48N8O6S2. The van der Waals surface area contributed by atoms with Crippen LogP contribution in [0.2, 0.25) is 0 Å². The summed E-state index contributed by atoms with van der Waals surface area (Å²) in [5.41, 5.74) is 2.59. The summed E-state index contributed by atoms with van der Waals surface area (Å²) in [6, 6.07) is 15.9. The first kappa shape index (κ1) is 43.9. The van der Waals surface area contributed by atoms with E-state index in [1.807, 2.05) is 25.5 Å². The fraction of sp³-hybridized carbons (Fsp3) is 0.333.